The third-order valence-corrected chi connectivity index (χ3v) is 3.69. The van der Waals surface area contributed by atoms with E-state index in [9.17, 15) is 4.79 Å². The van der Waals surface area contributed by atoms with Gasteiger partial charge in [0, 0.05) is 18.3 Å². The van der Waals surface area contributed by atoms with E-state index in [1.807, 2.05) is 37.4 Å². The Morgan fingerprint density at radius 1 is 1.25 bits per heavy atom. The van der Waals surface area contributed by atoms with Crippen molar-refractivity contribution in [2.45, 2.75) is 12.8 Å². The molecule has 0 aliphatic heterocycles. The highest BCUT2D eigenvalue weighted by Crippen LogP contribution is 2.26. The van der Waals surface area contributed by atoms with Crippen LogP contribution in [0.25, 0.3) is 6.08 Å². The fraction of sp³-hybridized carbons (Fsp3) is 0.250. The molecule has 4 heteroatoms. The smallest absolute Gasteiger partial charge is 0.192 e. The molecule has 1 aromatic heterocycles. The molecule has 1 aliphatic rings. The monoisotopic (exact) mass is 268 g/mol. The van der Waals surface area contributed by atoms with Gasteiger partial charge < -0.3 is 4.74 Å². The normalized spacial score (nSPS) is 16.3. The second-order valence-electron chi connectivity index (χ2n) is 4.90. The van der Waals surface area contributed by atoms with Crippen LogP contribution in [-0.4, -0.2) is 22.7 Å². The number of hydrogen-bond acceptors (Lipinski definition) is 3. The van der Waals surface area contributed by atoms with Gasteiger partial charge in [-0.05, 0) is 36.6 Å². The predicted molar refractivity (Wildman–Crippen MR) is 76.8 cm³/mol. The summed E-state index contributed by atoms with van der Waals surface area (Å²) in [6.07, 6.45) is 5.24. The zero-order valence-electron chi connectivity index (χ0n) is 11.6. The zero-order valence-corrected chi connectivity index (χ0v) is 11.6. The number of hydrogen-bond donors (Lipinski definition) is 0. The molecule has 3 rings (SSSR count). The number of carbonyl (C=O) groups excluding carboxylic acids is 1. The van der Waals surface area contributed by atoms with Crippen molar-refractivity contribution in [3.05, 3.63) is 52.9 Å². The number of allylic oxidation sites excluding steroid dienone is 1. The van der Waals surface area contributed by atoms with Crippen molar-refractivity contribution in [1.29, 1.82) is 0 Å². The molecule has 0 amide bonds. The van der Waals surface area contributed by atoms with E-state index in [2.05, 4.69) is 5.10 Å². The lowest BCUT2D eigenvalue weighted by atomic mass is 9.90. The largest absolute Gasteiger partial charge is 0.497 e. The van der Waals surface area contributed by atoms with Gasteiger partial charge in [0.25, 0.3) is 0 Å². The summed E-state index contributed by atoms with van der Waals surface area (Å²) < 4.78 is 6.92. The standard InChI is InChI=1S/C16H16N2O2/c1-18-15-8-5-12(16(19)14(15)10-17-18)9-11-3-6-13(20-2)7-4-11/h3-4,6-7,9-10H,5,8H2,1-2H3/b12-9-. The highest BCUT2D eigenvalue weighted by Gasteiger charge is 2.24. The number of fused-ring (bicyclic) bond motifs is 1. The van der Waals surface area contributed by atoms with Crippen LogP contribution < -0.4 is 4.74 Å². The maximum atomic E-state index is 12.4. The summed E-state index contributed by atoms with van der Waals surface area (Å²) >= 11 is 0. The molecule has 102 valence electrons. The Hall–Kier alpha value is -2.36. The number of aryl methyl sites for hydroxylation is 1. The molecule has 2 aromatic rings. The number of aromatic nitrogens is 2. The van der Waals surface area contributed by atoms with Crippen LogP contribution in [0.4, 0.5) is 0 Å². The topological polar surface area (TPSA) is 44.1 Å². The van der Waals surface area contributed by atoms with Gasteiger partial charge >= 0.3 is 0 Å². The number of nitrogens with zero attached hydrogens (tertiary/aromatic N) is 2. The first-order valence-electron chi connectivity index (χ1n) is 6.59. The third-order valence-electron chi connectivity index (χ3n) is 3.69. The van der Waals surface area contributed by atoms with Crippen molar-refractivity contribution in [3.8, 4) is 5.75 Å². The highest BCUT2D eigenvalue weighted by atomic mass is 16.5. The Balaban J connectivity index is 1.91. The van der Waals surface area contributed by atoms with Crippen LogP contribution in [0.15, 0.2) is 36.0 Å². The molecule has 1 aromatic carbocycles. The Bertz CT molecular complexity index is 681. The molecule has 0 fully saturated rings. The molecular weight excluding hydrogens is 252 g/mol. The quantitative estimate of drug-likeness (QED) is 0.786. The summed E-state index contributed by atoms with van der Waals surface area (Å²) in [5, 5.41) is 4.16. The van der Waals surface area contributed by atoms with Gasteiger partial charge in [0.15, 0.2) is 5.78 Å². The molecule has 4 nitrogen and oxygen atoms in total. The van der Waals surface area contributed by atoms with Crippen molar-refractivity contribution < 1.29 is 9.53 Å². The lowest BCUT2D eigenvalue weighted by molar-refractivity contribution is 0.102. The first-order chi connectivity index (χ1) is 9.69. The minimum absolute atomic E-state index is 0.0927. The molecule has 0 unspecified atom stereocenters. The number of benzene rings is 1. The van der Waals surface area contributed by atoms with Gasteiger partial charge in [-0.3, -0.25) is 9.48 Å². The lowest BCUT2D eigenvalue weighted by Gasteiger charge is -2.14. The number of carbonyl (C=O) groups is 1. The minimum Gasteiger partial charge on any atom is -0.497 e. The van der Waals surface area contributed by atoms with Crippen molar-refractivity contribution in [3.63, 3.8) is 0 Å². The van der Waals surface area contributed by atoms with E-state index in [1.165, 1.54) is 0 Å². The molecule has 0 saturated carbocycles. The van der Waals surface area contributed by atoms with Gasteiger partial charge in [0.2, 0.25) is 0 Å². The number of methoxy groups -OCH3 is 1. The van der Waals surface area contributed by atoms with Gasteiger partial charge in [0.1, 0.15) is 5.75 Å². The maximum absolute atomic E-state index is 12.4. The lowest BCUT2D eigenvalue weighted by Crippen LogP contribution is -2.14. The van der Waals surface area contributed by atoms with E-state index in [1.54, 1.807) is 18.0 Å². The van der Waals surface area contributed by atoms with Crippen LogP contribution in [0.1, 0.15) is 28.0 Å². The second-order valence-corrected chi connectivity index (χ2v) is 4.90. The molecule has 0 bridgehead atoms. The van der Waals surface area contributed by atoms with E-state index in [0.29, 0.717) is 0 Å². The van der Waals surface area contributed by atoms with Gasteiger partial charge in [0.05, 0.1) is 18.9 Å². The minimum atomic E-state index is 0.0927. The Kier molecular flexibility index (Phi) is 3.14. The number of ether oxygens (including phenoxy) is 1. The van der Waals surface area contributed by atoms with Gasteiger partial charge in [-0.1, -0.05) is 12.1 Å². The Morgan fingerprint density at radius 2 is 2.00 bits per heavy atom. The van der Waals surface area contributed by atoms with Crippen molar-refractivity contribution in [1.82, 2.24) is 9.78 Å². The maximum Gasteiger partial charge on any atom is 0.192 e. The van der Waals surface area contributed by atoms with E-state index >= 15 is 0 Å². The van der Waals surface area contributed by atoms with Crippen molar-refractivity contribution >= 4 is 11.9 Å². The SMILES string of the molecule is COc1ccc(/C=C2/CCc3c(cnn3C)C2=O)cc1. The Morgan fingerprint density at radius 3 is 2.70 bits per heavy atom. The predicted octanol–water partition coefficient (Wildman–Crippen LogP) is 2.64. The van der Waals surface area contributed by atoms with E-state index in [-0.39, 0.29) is 5.78 Å². The average Bonchev–Trinajstić information content (AvgIpc) is 2.85. The third kappa shape index (κ3) is 2.13. The Labute approximate surface area is 117 Å². The summed E-state index contributed by atoms with van der Waals surface area (Å²) in [6.45, 7) is 0. The molecule has 0 atom stereocenters. The second kappa shape index (κ2) is 4.96. The van der Waals surface area contributed by atoms with Crippen LogP contribution in [0.2, 0.25) is 0 Å². The molecule has 1 heterocycles. The summed E-state index contributed by atoms with van der Waals surface area (Å²) in [4.78, 5) is 12.4. The molecule has 1 aliphatic carbocycles. The molecule has 20 heavy (non-hydrogen) atoms. The number of ketones is 1. The summed E-state index contributed by atoms with van der Waals surface area (Å²) in [5.74, 6) is 0.909. The average molecular weight is 268 g/mol. The summed E-state index contributed by atoms with van der Waals surface area (Å²) in [7, 11) is 3.52. The first-order valence-corrected chi connectivity index (χ1v) is 6.59. The zero-order chi connectivity index (χ0) is 14.1. The number of Topliss-reactive ketones (excluding diaryl/α,β-unsaturated/α-hetero) is 1. The van der Waals surface area contributed by atoms with Crippen LogP contribution in [0.3, 0.4) is 0 Å². The van der Waals surface area contributed by atoms with Gasteiger partial charge in [-0.2, -0.15) is 5.10 Å². The molecule has 0 radical (unpaired) electrons. The molecule has 0 saturated heterocycles. The summed E-state index contributed by atoms with van der Waals surface area (Å²) in [5.41, 5.74) is 3.62. The fourth-order valence-electron chi connectivity index (χ4n) is 2.53. The summed E-state index contributed by atoms with van der Waals surface area (Å²) in [6, 6.07) is 7.71. The van der Waals surface area contributed by atoms with Crippen LogP contribution in [-0.2, 0) is 13.5 Å². The van der Waals surface area contributed by atoms with Crippen LogP contribution >= 0.6 is 0 Å². The van der Waals surface area contributed by atoms with E-state index in [4.69, 9.17) is 4.74 Å². The van der Waals surface area contributed by atoms with Gasteiger partial charge in [-0.15, -0.1) is 0 Å². The van der Waals surface area contributed by atoms with Crippen molar-refractivity contribution in [2.75, 3.05) is 7.11 Å². The fourth-order valence-corrected chi connectivity index (χ4v) is 2.53. The first kappa shape index (κ1) is 12.7. The molecule has 0 spiro atoms. The van der Waals surface area contributed by atoms with E-state index in [0.717, 1.165) is 41.0 Å². The van der Waals surface area contributed by atoms with E-state index < -0.39 is 0 Å². The van der Waals surface area contributed by atoms with Crippen molar-refractivity contribution in [2.24, 2.45) is 7.05 Å². The van der Waals surface area contributed by atoms with Crippen LogP contribution in [0.5, 0.6) is 5.75 Å². The molecular formula is C16H16N2O2. The molecule has 0 N–H and O–H groups in total. The highest BCUT2D eigenvalue weighted by molar-refractivity contribution is 6.12. The van der Waals surface area contributed by atoms with Gasteiger partial charge in [-0.25, -0.2) is 0 Å². The number of rotatable bonds is 2. The van der Waals surface area contributed by atoms with Crippen LogP contribution in [0, 0.1) is 0 Å².